The largest absolute Gasteiger partial charge is 0.350 e. The van der Waals surface area contributed by atoms with Gasteiger partial charge in [0.2, 0.25) is 5.91 Å². The number of carbonyl (C=O) groups is 1. The molecule has 1 amide bonds. The van der Waals surface area contributed by atoms with Crippen molar-refractivity contribution in [1.82, 2.24) is 14.5 Å². The minimum Gasteiger partial charge on any atom is -0.350 e. The molecule has 5 nitrogen and oxygen atoms in total. The number of hydrogen-bond acceptors (Lipinski definition) is 2. The van der Waals surface area contributed by atoms with Gasteiger partial charge in [-0.2, -0.15) is 0 Å². The molecule has 29 heavy (non-hydrogen) atoms. The molecular weight excluding hydrogens is 362 g/mol. The third-order valence-corrected chi connectivity index (χ3v) is 5.01. The predicted octanol–water partition coefficient (Wildman–Crippen LogP) is 3.48. The first kappa shape index (κ1) is 18.7. The van der Waals surface area contributed by atoms with Crippen LogP contribution in [0.3, 0.4) is 0 Å². The van der Waals surface area contributed by atoms with Crippen molar-refractivity contribution in [2.24, 2.45) is 0 Å². The fourth-order valence-electron chi connectivity index (χ4n) is 3.40. The van der Waals surface area contributed by atoms with Crippen LogP contribution in [0.2, 0.25) is 0 Å². The number of amides is 1. The molecule has 5 heteroatoms. The molecule has 146 valence electrons. The molecule has 0 spiro atoms. The summed E-state index contributed by atoms with van der Waals surface area (Å²) in [6.07, 6.45) is 3.60. The second-order valence-corrected chi connectivity index (χ2v) is 7.24. The molecule has 0 radical (unpaired) electrons. The van der Waals surface area contributed by atoms with Crippen LogP contribution in [-0.4, -0.2) is 15.0 Å². The van der Waals surface area contributed by atoms with Crippen LogP contribution >= 0.6 is 0 Å². The SMILES string of the molecule is Cc1ccc(CNC(=O)Cn2ccc3ccn(Cc4ccccc4)c3c2=O)cc1. The van der Waals surface area contributed by atoms with E-state index in [-0.39, 0.29) is 18.0 Å². The minimum absolute atomic E-state index is 0.00283. The Labute approximate surface area is 169 Å². The van der Waals surface area contributed by atoms with Crippen molar-refractivity contribution in [2.45, 2.75) is 26.6 Å². The highest BCUT2D eigenvalue weighted by Gasteiger charge is 2.11. The number of pyridine rings is 1. The van der Waals surface area contributed by atoms with Gasteiger partial charge in [-0.25, -0.2) is 0 Å². The maximum absolute atomic E-state index is 13.0. The summed E-state index contributed by atoms with van der Waals surface area (Å²) in [4.78, 5) is 25.4. The number of aryl methyl sites for hydroxylation is 1. The molecule has 0 atom stereocenters. The van der Waals surface area contributed by atoms with E-state index in [1.54, 1.807) is 6.20 Å². The summed E-state index contributed by atoms with van der Waals surface area (Å²) >= 11 is 0. The zero-order valence-electron chi connectivity index (χ0n) is 16.3. The van der Waals surface area contributed by atoms with Crippen LogP contribution in [0, 0.1) is 6.92 Å². The average Bonchev–Trinajstić information content (AvgIpc) is 3.14. The smallest absolute Gasteiger partial charge is 0.275 e. The summed E-state index contributed by atoms with van der Waals surface area (Å²) in [6.45, 7) is 3.08. The standard InChI is InChI=1S/C24H23N3O2/c1-18-7-9-19(10-8-18)15-25-22(28)17-27-14-12-21-11-13-26(23(21)24(27)29)16-20-5-3-2-4-6-20/h2-14H,15-17H2,1H3,(H,25,28). The third-order valence-electron chi connectivity index (χ3n) is 5.01. The number of rotatable bonds is 6. The Kier molecular flexibility index (Phi) is 5.29. The number of fused-ring (bicyclic) bond motifs is 1. The third kappa shape index (κ3) is 4.29. The zero-order chi connectivity index (χ0) is 20.2. The number of carbonyl (C=O) groups excluding carboxylic acids is 1. The van der Waals surface area contributed by atoms with Gasteiger partial charge in [0.25, 0.3) is 5.56 Å². The molecule has 0 unspecified atom stereocenters. The fourth-order valence-corrected chi connectivity index (χ4v) is 3.40. The first-order valence-corrected chi connectivity index (χ1v) is 9.64. The highest BCUT2D eigenvalue weighted by molar-refractivity contribution is 5.80. The van der Waals surface area contributed by atoms with Crippen molar-refractivity contribution >= 4 is 16.8 Å². The van der Waals surface area contributed by atoms with E-state index in [0.717, 1.165) is 16.5 Å². The quantitative estimate of drug-likeness (QED) is 0.552. The number of hydrogen-bond donors (Lipinski definition) is 1. The summed E-state index contributed by atoms with van der Waals surface area (Å²) < 4.78 is 3.40. The van der Waals surface area contributed by atoms with Crippen molar-refractivity contribution in [3.63, 3.8) is 0 Å². The van der Waals surface area contributed by atoms with Gasteiger partial charge < -0.3 is 14.5 Å². The van der Waals surface area contributed by atoms with Crippen LogP contribution in [0.5, 0.6) is 0 Å². The average molecular weight is 385 g/mol. The highest BCUT2D eigenvalue weighted by Crippen LogP contribution is 2.14. The van der Waals surface area contributed by atoms with E-state index < -0.39 is 0 Å². The summed E-state index contributed by atoms with van der Waals surface area (Å²) in [5, 5.41) is 3.76. The van der Waals surface area contributed by atoms with Crippen LogP contribution in [0.1, 0.15) is 16.7 Å². The molecule has 4 rings (SSSR count). The number of nitrogens with one attached hydrogen (secondary N) is 1. The Morgan fingerprint density at radius 3 is 2.28 bits per heavy atom. The first-order chi connectivity index (χ1) is 14.1. The second-order valence-electron chi connectivity index (χ2n) is 7.24. The van der Waals surface area contributed by atoms with E-state index in [1.165, 1.54) is 10.1 Å². The van der Waals surface area contributed by atoms with Gasteiger partial charge in [-0.05, 0) is 30.2 Å². The Balaban J connectivity index is 1.51. The molecular formula is C24H23N3O2. The summed E-state index contributed by atoms with van der Waals surface area (Å²) in [7, 11) is 0. The molecule has 2 aromatic carbocycles. The van der Waals surface area contributed by atoms with Crippen molar-refractivity contribution < 1.29 is 4.79 Å². The Bertz CT molecular complexity index is 1190. The van der Waals surface area contributed by atoms with Gasteiger partial charge in [0.15, 0.2) is 0 Å². The van der Waals surface area contributed by atoms with Gasteiger partial charge in [-0.3, -0.25) is 9.59 Å². The summed E-state index contributed by atoms with van der Waals surface area (Å²) in [5.74, 6) is -0.187. The van der Waals surface area contributed by atoms with E-state index >= 15 is 0 Å². The van der Waals surface area contributed by atoms with Gasteiger partial charge >= 0.3 is 0 Å². The minimum atomic E-state index is -0.187. The van der Waals surface area contributed by atoms with Crippen molar-refractivity contribution in [1.29, 1.82) is 0 Å². The predicted molar refractivity (Wildman–Crippen MR) is 115 cm³/mol. The summed E-state index contributed by atoms with van der Waals surface area (Å²) in [6, 6.07) is 21.8. The van der Waals surface area contributed by atoms with Gasteiger partial charge in [0, 0.05) is 30.9 Å². The monoisotopic (exact) mass is 385 g/mol. The van der Waals surface area contributed by atoms with E-state index in [0.29, 0.717) is 18.6 Å². The first-order valence-electron chi connectivity index (χ1n) is 9.64. The van der Waals surface area contributed by atoms with E-state index in [9.17, 15) is 9.59 Å². The number of benzene rings is 2. The van der Waals surface area contributed by atoms with Crippen LogP contribution in [0.25, 0.3) is 10.9 Å². The topological polar surface area (TPSA) is 56.0 Å². The van der Waals surface area contributed by atoms with Crippen molar-refractivity contribution in [3.05, 3.63) is 106 Å². The van der Waals surface area contributed by atoms with E-state index in [2.05, 4.69) is 5.32 Å². The van der Waals surface area contributed by atoms with E-state index in [1.807, 2.05) is 84.4 Å². The van der Waals surface area contributed by atoms with Crippen LogP contribution in [0.4, 0.5) is 0 Å². The van der Waals surface area contributed by atoms with Gasteiger partial charge in [-0.15, -0.1) is 0 Å². The lowest BCUT2D eigenvalue weighted by atomic mass is 10.1. The molecule has 0 bridgehead atoms. The fraction of sp³-hybridized carbons (Fsp3) is 0.167. The Morgan fingerprint density at radius 2 is 1.55 bits per heavy atom. The van der Waals surface area contributed by atoms with Gasteiger partial charge in [0.05, 0.1) is 0 Å². The zero-order valence-corrected chi connectivity index (χ0v) is 16.3. The van der Waals surface area contributed by atoms with Gasteiger partial charge in [0.1, 0.15) is 12.1 Å². The van der Waals surface area contributed by atoms with Crippen LogP contribution in [0.15, 0.2) is 83.9 Å². The second kappa shape index (κ2) is 8.19. The maximum atomic E-state index is 13.0. The molecule has 0 aliphatic rings. The molecule has 0 saturated carbocycles. The highest BCUT2D eigenvalue weighted by atomic mass is 16.2. The van der Waals surface area contributed by atoms with Crippen molar-refractivity contribution in [2.75, 3.05) is 0 Å². The molecule has 0 saturated heterocycles. The lowest BCUT2D eigenvalue weighted by Crippen LogP contribution is -2.32. The van der Waals surface area contributed by atoms with Crippen LogP contribution in [-0.2, 0) is 24.4 Å². The molecule has 1 N–H and O–H groups in total. The van der Waals surface area contributed by atoms with E-state index in [4.69, 9.17) is 0 Å². The summed E-state index contributed by atoms with van der Waals surface area (Å²) in [5.41, 5.74) is 3.79. The molecule has 2 heterocycles. The Hall–Kier alpha value is -3.60. The lowest BCUT2D eigenvalue weighted by molar-refractivity contribution is -0.121. The van der Waals surface area contributed by atoms with Crippen molar-refractivity contribution in [3.8, 4) is 0 Å². The molecule has 2 aromatic heterocycles. The normalized spacial score (nSPS) is 10.9. The number of nitrogens with zero attached hydrogens (tertiary/aromatic N) is 2. The molecule has 4 aromatic rings. The molecule has 0 aliphatic heterocycles. The Morgan fingerprint density at radius 1 is 0.862 bits per heavy atom. The van der Waals surface area contributed by atoms with Crippen LogP contribution < -0.4 is 10.9 Å². The number of aromatic nitrogens is 2. The maximum Gasteiger partial charge on any atom is 0.275 e. The van der Waals surface area contributed by atoms with Gasteiger partial charge in [-0.1, -0.05) is 60.2 Å². The molecule has 0 fully saturated rings. The molecule has 0 aliphatic carbocycles. The lowest BCUT2D eigenvalue weighted by Gasteiger charge is -2.10.